The van der Waals surface area contributed by atoms with E-state index in [0.717, 1.165) is 83.9 Å². The molecule has 0 radical (unpaired) electrons. The maximum absolute atomic E-state index is 5.81. The predicted octanol–water partition coefficient (Wildman–Crippen LogP) is 2.25. The topological polar surface area (TPSA) is 58.1 Å². The van der Waals surface area contributed by atoms with Gasteiger partial charge in [0.2, 0.25) is 0 Å². The Kier molecular flexibility index (Phi) is 11.0. The highest BCUT2D eigenvalue weighted by molar-refractivity contribution is 5.79. The summed E-state index contributed by atoms with van der Waals surface area (Å²) in [4.78, 5) is 7.16. The van der Waals surface area contributed by atoms with Gasteiger partial charge in [0.25, 0.3) is 0 Å². The van der Waals surface area contributed by atoms with Crippen molar-refractivity contribution in [1.82, 2.24) is 15.5 Å². The van der Waals surface area contributed by atoms with Crippen LogP contribution in [0.5, 0.6) is 0 Å². The van der Waals surface area contributed by atoms with E-state index in [9.17, 15) is 0 Å². The summed E-state index contributed by atoms with van der Waals surface area (Å²) in [5.41, 5.74) is 0. The van der Waals surface area contributed by atoms with Crippen molar-refractivity contribution in [3.63, 3.8) is 0 Å². The molecular weight excluding hydrogens is 328 g/mol. The minimum atomic E-state index is 0.683. The average Bonchev–Trinajstić information content (AvgIpc) is 3.20. The highest BCUT2D eigenvalue weighted by Crippen LogP contribution is 2.21. The normalized spacial score (nSPS) is 20.0. The average molecular weight is 369 g/mol. The van der Waals surface area contributed by atoms with Crippen molar-refractivity contribution in [2.24, 2.45) is 10.9 Å². The summed E-state index contributed by atoms with van der Waals surface area (Å²) in [5.74, 6) is 1.61. The third-order valence-electron chi connectivity index (χ3n) is 5.46. The van der Waals surface area contributed by atoms with Gasteiger partial charge in [0.15, 0.2) is 5.96 Å². The van der Waals surface area contributed by atoms with E-state index in [1.54, 1.807) is 0 Å². The van der Waals surface area contributed by atoms with Crippen molar-refractivity contribution in [1.29, 1.82) is 0 Å². The van der Waals surface area contributed by atoms with Gasteiger partial charge < -0.3 is 25.0 Å². The Morgan fingerprint density at radius 1 is 1.15 bits per heavy atom. The number of hydrogen-bond acceptors (Lipinski definition) is 4. The molecule has 1 saturated heterocycles. The Morgan fingerprint density at radius 3 is 2.65 bits per heavy atom. The Labute approximate surface area is 160 Å². The van der Waals surface area contributed by atoms with Gasteiger partial charge in [-0.05, 0) is 52.0 Å². The third-order valence-corrected chi connectivity index (χ3v) is 5.46. The first-order valence-corrected chi connectivity index (χ1v) is 10.7. The van der Waals surface area contributed by atoms with Gasteiger partial charge in [-0.25, -0.2) is 0 Å². The molecule has 0 unspecified atom stereocenters. The molecule has 2 fully saturated rings. The fraction of sp³-hybridized carbons (Fsp3) is 0.950. The Bertz CT molecular complexity index is 380. The first-order valence-electron chi connectivity index (χ1n) is 10.7. The van der Waals surface area contributed by atoms with Crippen molar-refractivity contribution in [2.45, 2.75) is 57.9 Å². The number of ether oxygens (including phenoxy) is 2. The lowest BCUT2D eigenvalue weighted by molar-refractivity contribution is 0.0205. The molecule has 1 aliphatic carbocycles. The number of guanidine groups is 1. The van der Waals surface area contributed by atoms with E-state index >= 15 is 0 Å². The largest absolute Gasteiger partial charge is 0.381 e. The van der Waals surface area contributed by atoms with Crippen molar-refractivity contribution < 1.29 is 9.47 Å². The van der Waals surface area contributed by atoms with Crippen LogP contribution in [0, 0.1) is 5.92 Å². The number of nitrogens with one attached hydrogen (secondary N) is 2. The third kappa shape index (κ3) is 8.69. The number of likely N-dealkylation sites (N-methyl/N-ethyl adjacent to an activating group) is 1. The Morgan fingerprint density at radius 2 is 1.92 bits per heavy atom. The van der Waals surface area contributed by atoms with Gasteiger partial charge in [-0.1, -0.05) is 12.8 Å². The number of aliphatic imine (C=N–C) groups is 1. The summed E-state index contributed by atoms with van der Waals surface area (Å²) in [6.45, 7) is 9.29. The molecule has 0 aromatic carbocycles. The van der Waals surface area contributed by atoms with Crippen LogP contribution in [-0.2, 0) is 9.47 Å². The second kappa shape index (κ2) is 13.3. The van der Waals surface area contributed by atoms with Crippen LogP contribution in [0.25, 0.3) is 0 Å². The van der Waals surface area contributed by atoms with Gasteiger partial charge in [-0.15, -0.1) is 0 Å². The number of hydrogen-bond donors (Lipinski definition) is 2. The lowest BCUT2D eigenvalue weighted by atomic mass is 10.0. The summed E-state index contributed by atoms with van der Waals surface area (Å²) >= 11 is 0. The summed E-state index contributed by atoms with van der Waals surface area (Å²) in [6.07, 6.45) is 8.76. The highest BCUT2D eigenvalue weighted by Gasteiger charge is 2.18. The first-order chi connectivity index (χ1) is 12.8. The molecule has 0 atom stereocenters. The SMILES string of the molecule is CCNC(=NCCCOCC1CCOCC1)NCCN(C)C1CCCC1. The van der Waals surface area contributed by atoms with E-state index < -0.39 is 0 Å². The molecule has 1 aliphatic heterocycles. The van der Waals surface area contributed by atoms with E-state index in [4.69, 9.17) is 9.47 Å². The van der Waals surface area contributed by atoms with Gasteiger partial charge in [-0.3, -0.25) is 4.99 Å². The standard InChI is InChI=1S/C20H40N4O2/c1-3-21-20(23-12-13-24(2)19-7-4-5-8-19)22-11-6-14-26-17-18-9-15-25-16-10-18/h18-19H,3-17H2,1-2H3,(H2,21,22,23). The molecule has 1 heterocycles. The van der Waals surface area contributed by atoms with Crippen LogP contribution in [-0.4, -0.2) is 76.6 Å². The summed E-state index contributed by atoms with van der Waals surface area (Å²) in [6, 6.07) is 0.782. The van der Waals surface area contributed by atoms with Crippen LogP contribution in [0.2, 0.25) is 0 Å². The molecule has 2 rings (SSSR count). The summed E-state index contributed by atoms with van der Waals surface area (Å²) in [7, 11) is 2.25. The van der Waals surface area contributed by atoms with Gasteiger partial charge in [-0.2, -0.15) is 0 Å². The maximum atomic E-state index is 5.81. The van der Waals surface area contributed by atoms with Gasteiger partial charge in [0, 0.05) is 58.6 Å². The molecule has 0 aromatic rings. The van der Waals surface area contributed by atoms with Crippen molar-refractivity contribution in [3.05, 3.63) is 0 Å². The molecule has 6 nitrogen and oxygen atoms in total. The smallest absolute Gasteiger partial charge is 0.191 e. The molecule has 1 saturated carbocycles. The highest BCUT2D eigenvalue weighted by atomic mass is 16.5. The zero-order chi connectivity index (χ0) is 18.5. The van der Waals surface area contributed by atoms with Crippen LogP contribution in [0.3, 0.4) is 0 Å². The Balaban J connectivity index is 1.53. The number of rotatable bonds is 11. The quantitative estimate of drug-likeness (QED) is 0.333. The van der Waals surface area contributed by atoms with E-state index in [1.165, 1.54) is 25.7 Å². The van der Waals surface area contributed by atoms with Crippen molar-refractivity contribution in [3.8, 4) is 0 Å². The lowest BCUT2D eigenvalue weighted by Crippen LogP contribution is -2.42. The van der Waals surface area contributed by atoms with Crippen LogP contribution in [0.1, 0.15) is 51.9 Å². The predicted molar refractivity (Wildman–Crippen MR) is 108 cm³/mol. The molecular formula is C20H40N4O2. The fourth-order valence-corrected chi connectivity index (χ4v) is 3.74. The van der Waals surface area contributed by atoms with Gasteiger partial charge in [0.05, 0.1) is 0 Å². The van der Waals surface area contributed by atoms with Crippen LogP contribution in [0.4, 0.5) is 0 Å². The number of nitrogens with zero attached hydrogens (tertiary/aromatic N) is 2. The molecule has 152 valence electrons. The molecule has 26 heavy (non-hydrogen) atoms. The molecule has 0 amide bonds. The second-order valence-electron chi connectivity index (χ2n) is 7.59. The molecule has 0 spiro atoms. The summed E-state index contributed by atoms with van der Waals surface area (Å²) in [5, 5.41) is 6.79. The van der Waals surface area contributed by atoms with E-state index in [1.807, 2.05) is 0 Å². The first kappa shape index (κ1) is 21.5. The van der Waals surface area contributed by atoms with Crippen LogP contribution < -0.4 is 10.6 Å². The van der Waals surface area contributed by atoms with Gasteiger partial charge in [0.1, 0.15) is 0 Å². The second-order valence-corrected chi connectivity index (χ2v) is 7.59. The van der Waals surface area contributed by atoms with E-state index in [2.05, 4.69) is 34.5 Å². The monoisotopic (exact) mass is 368 g/mol. The van der Waals surface area contributed by atoms with Crippen molar-refractivity contribution >= 4 is 5.96 Å². The summed E-state index contributed by atoms with van der Waals surface area (Å²) < 4.78 is 11.2. The molecule has 6 heteroatoms. The minimum absolute atomic E-state index is 0.683. The molecule has 0 aromatic heterocycles. The van der Waals surface area contributed by atoms with E-state index in [0.29, 0.717) is 5.92 Å². The van der Waals surface area contributed by atoms with E-state index in [-0.39, 0.29) is 0 Å². The molecule has 2 aliphatic rings. The lowest BCUT2D eigenvalue weighted by Gasteiger charge is -2.24. The minimum Gasteiger partial charge on any atom is -0.381 e. The zero-order valence-electron chi connectivity index (χ0n) is 17.0. The Hall–Kier alpha value is -0.850. The van der Waals surface area contributed by atoms with Crippen LogP contribution >= 0.6 is 0 Å². The van der Waals surface area contributed by atoms with Crippen LogP contribution in [0.15, 0.2) is 4.99 Å². The van der Waals surface area contributed by atoms with Gasteiger partial charge >= 0.3 is 0 Å². The van der Waals surface area contributed by atoms with Crippen molar-refractivity contribution in [2.75, 3.05) is 59.7 Å². The zero-order valence-corrected chi connectivity index (χ0v) is 17.0. The molecule has 2 N–H and O–H groups in total. The molecule has 0 bridgehead atoms. The fourth-order valence-electron chi connectivity index (χ4n) is 3.74. The maximum Gasteiger partial charge on any atom is 0.191 e.